The summed E-state index contributed by atoms with van der Waals surface area (Å²) in [7, 11) is -3.21. The smallest absolute Gasteiger partial charge is 0.322 e. The Kier molecular flexibility index (Phi) is 4.20. The molecular weight excluding hydrogens is 176 g/mol. The number of carbonyl (C=O) groups is 2. The number of hydrogen-bond donors (Lipinski definition) is 2. The third kappa shape index (κ3) is 6.78. The number of carbonyl (C=O) groups excluding carboxylic acids is 1. The van der Waals surface area contributed by atoms with Gasteiger partial charge in [0.25, 0.3) is 0 Å². The normalized spacial score (nSPS) is 9.55. The van der Waals surface area contributed by atoms with E-state index in [1.54, 1.807) is 0 Å². The molecule has 11 heavy (non-hydrogen) atoms. The Hall–Kier alpha value is -1.11. The van der Waals surface area contributed by atoms with Gasteiger partial charge in [-0.3, -0.25) is 9.59 Å². The third-order valence-electron chi connectivity index (χ3n) is 0.719. The highest BCUT2D eigenvalue weighted by Gasteiger charge is 2.06. The van der Waals surface area contributed by atoms with E-state index in [-0.39, 0.29) is 0 Å². The summed E-state index contributed by atoms with van der Waals surface area (Å²) < 4.78 is 23.1. The Bertz CT molecular complexity index is 221. The van der Waals surface area contributed by atoms with Crippen LogP contribution in [-0.2, 0) is 24.8 Å². The molecule has 0 amide bonds. The zero-order valence-corrected chi connectivity index (χ0v) is 6.24. The van der Waals surface area contributed by atoms with Crippen molar-refractivity contribution in [1.29, 1.82) is 0 Å². The first kappa shape index (κ1) is 9.89. The van der Waals surface area contributed by atoms with Gasteiger partial charge in [-0.25, -0.2) is 0 Å². The molecular formula is C4H6O6S. The van der Waals surface area contributed by atoms with Crippen LogP contribution in [0.4, 0.5) is 0 Å². The van der Waals surface area contributed by atoms with Crippen LogP contribution in [0.15, 0.2) is 0 Å². The summed E-state index contributed by atoms with van der Waals surface area (Å²) in [4.78, 5) is 20.1. The Morgan fingerprint density at radius 1 is 1.27 bits per heavy atom. The molecule has 1 N–H and O–H groups in total. The molecule has 0 aromatic heterocycles. The summed E-state index contributed by atoms with van der Waals surface area (Å²) in [6.45, 7) is 0. The zero-order chi connectivity index (χ0) is 8.85. The molecule has 0 radical (unpaired) electrons. The number of carboxylic acids is 1. The SMILES string of the molecule is O=C(O)CCC(=O)O[SH](=O)=O. The lowest BCUT2D eigenvalue weighted by molar-refractivity contribution is -0.141. The molecule has 0 atom stereocenters. The first-order valence-corrected chi connectivity index (χ1v) is 3.69. The van der Waals surface area contributed by atoms with E-state index in [1.165, 1.54) is 0 Å². The van der Waals surface area contributed by atoms with Crippen LogP contribution in [0.5, 0.6) is 0 Å². The molecule has 0 aromatic rings. The molecule has 0 unspecified atom stereocenters. The van der Waals surface area contributed by atoms with E-state index >= 15 is 0 Å². The topological polar surface area (TPSA) is 97.7 Å². The van der Waals surface area contributed by atoms with Crippen molar-refractivity contribution in [3.05, 3.63) is 0 Å². The predicted molar refractivity (Wildman–Crippen MR) is 33.3 cm³/mol. The van der Waals surface area contributed by atoms with Crippen LogP contribution in [0.1, 0.15) is 12.8 Å². The molecule has 0 fully saturated rings. The van der Waals surface area contributed by atoms with Crippen molar-refractivity contribution in [2.24, 2.45) is 0 Å². The third-order valence-corrected chi connectivity index (χ3v) is 1.07. The van der Waals surface area contributed by atoms with Crippen molar-refractivity contribution in [3.8, 4) is 0 Å². The Morgan fingerprint density at radius 2 is 1.82 bits per heavy atom. The number of aliphatic carboxylic acids is 1. The average molecular weight is 182 g/mol. The minimum Gasteiger partial charge on any atom is -0.481 e. The zero-order valence-electron chi connectivity index (χ0n) is 5.35. The molecule has 0 spiro atoms. The largest absolute Gasteiger partial charge is 0.481 e. The quantitative estimate of drug-likeness (QED) is 0.537. The van der Waals surface area contributed by atoms with E-state index in [1.807, 2.05) is 0 Å². The van der Waals surface area contributed by atoms with Crippen molar-refractivity contribution >= 4 is 22.9 Å². The molecule has 0 aromatic carbocycles. The van der Waals surface area contributed by atoms with E-state index < -0.39 is 35.8 Å². The Morgan fingerprint density at radius 3 is 2.18 bits per heavy atom. The van der Waals surface area contributed by atoms with Gasteiger partial charge in [0, 0.05) is 0 Å². The highest BCUT2D eigenvalue weighted by atomic mass is 32.2. The van der Waals surface area contributed by atoms with Gasteiger partial charge >= 0.3 is 22.9 Å². The van der Waals surface area contributed by atoms with Crippen LogP contribution >= 0.6 is 0 Å². The lowest BCUT2D eigenvalue weighted by atomic mass is 10.3. The lowest BCUT2D eigenvalue weighted by Gasteiger charge is -1.92. The van der Waals surface area contributed by atoms with Gasteiger partial charge in [-0.2, -0.15) is 8.42 Å². The van der Waals surface area contributed by atoms with Crippen LogP contribution in [-0.4, -0.2) is 25.5 Å². The summed E-state index contributed by atoms with van der Waals surface area (Å²) in [5, 5.41) is 8.04. The molecule has 0 rings (SSSR count). The molecule has 0 aliphatic heterocycles. The molecule has 0 heterocycles. The number of rotatable bonds is 4. The predicted octanol–water partition coefficient (Wildman–Crippen LogP) is -1.08. The van der Waals surface area contributed by atoms with E-state index in [0.29, 0.717) is 0 Å². The average Bonchev–Trinajstić information content (AvgIpc) is 1.82. The maximum absolute atomic E-state index is 10.3. The van der Waals surface area contributed by atoms with Crippen LogP contribution in [0, 0.1) is 0 Å². The van der Waals surface area contributed by atoms with Gasteiger partial charge in [0.15, 0.2) is 0 Å². The first-order chi connectivity index (χ1) is 5.02. The van der Waals surface area contributed by atoms with E-state index in [2.05, 4.69) is 4.18 Å². The number of thiol groups is 1. The van der Waals surface area contributed by atoms with Gasteiger partial charge < -0.3 is 9.29 Å². The van der Waals surface area contributed by atoms with Gasteiger partial charge in [-0.15, -0.1) is 0 Å². The molecule has 6 nitrogen and oxygen atoms in total. The number of hydrogen-bond acceptors (Lipinski definition) is 5. The van der Waals surface area contributed by atoms with Crippen LogP contribution in [0.3, 0.4) is 0 Å². The lowest BCUT2D eigenvalue weighted by Crippen LogP contribution is -2.06. The molecule has 64 valence electrons. The second-order valence-electron chi connectivity index (χ2n) is 1.58. The van der Waals surface area contributed by atoms with Gasteiger partial charge in [0.1, 0.15) is 0 Å². The molecule has 0 saturated heterocycles. The van der Waals surface area contributed by atoms with Crippen molar-refractivity contribution in [2.75, 3.05) is 0 Å². The Balaban J connectivity index is 3.62. The van der Waals surface area contributed by atoms with E-state index in [9.17, 15) is 18.0 Å². The fourth-order valence-electron chi connectivity index (χ4n) is 0.338. The minimum absolute atomic E-state index is 0.429. The van der Waals surface area contributed by atoms with Crippen LogP contribution in [0.2, 0.25) is 0 Å². The van der Waals surface area contributed by atoms with Crippen molar-refractivity contribution in [2.45, 2.75) is 12.8 Å². The van der Waals surface area contributed by atoms with Gasteiger partial charge in [-0.1, -0.05) is 0 Å². The molecule has 0 saturated carbocycles. The maximum Gasteiger partial charge on any atom is 0.322 e. The van der Waals surface area contributed by atoms with E-state index in [4.69, 9.17) is 5.11 Å². The first-order valence-electron chi connectivity index (χ1n) is 2.59. The summed E-state index contributed by atoms with van der Waals surface area (Å²) in [6, 6.07) is 0. The fraction of sp³-hybridized carbons (Fsp3) is 0.500. The van der Waals surface area contributed by atoms with Crippen molar-refractivity contribution in [3.63, 3.8) is 0 Å². The number of carboxylic acid groups (broad SMARTS) is 1. The highest BCUT2D eigenvalue weighted by Crippen LogP contribution is 1.91. The second-order valence-corrected chi connectivity index (χ2v) is 2.21. The summed E-state index contributed by atoms with van der Waals surface area (Å²) in [5.41, 5.74) is 0. The maximum atomic E-state index is 10.3. The van der Waals surface area contributed by atoms with Crippen molar-refractivity contribution < 1.29 is 27.3 Å². The summed E-state index contributed by atoms with van der Waals surface area (Å²) >= 11 is 0. The summed E-state index contributed by atoms with van der Waals surface area (Å²) in [5.74, 6) is -2.23. The molecule has 0 bridgehead atoms. The summed E-state index contributed by atoms with van der Waals surface area (Å²) in [6.07, 6.45) is -0.860. The fourth-order valence-corrected chi connectivity index (χ4v) is 0.595. The van der Waals surface area contributed by atoms with Crippen LogP contribution < -0.4 is 0 Å². The van der Waals surface area contributed by atoms with Gasteiger partial charge in [0.2, 0.25) is 0 Å². The monoisotopic (exact) mass is 182 g/mol. The second kappa shape index (κ2) is 4.67. The van der Waals surface area contributed by atoms with E-state index in [0.717, 1.165) is 0 Å². The standard InChI is InChI=1S/C4H6O6S/c5-3(6)1-2-4(7)10-11(8)9/h11H,1-2H2,(H,5,6). The van der Waals surface area contributed by atoms with Crippen molar-refractivity contribution in [1.82, 2.24) is 0 Å². The van der Waals surface area contributed by atoms with Gasteiger partial charge in [0.05, 0.1) is 12.8 Å². The highest BCUT2D eigenvalue weighted by molar-refractivity contribution is 7.67. The minimum atomic E-state index is -3.21. The van der Waals surface area contributed by atoms with Gasteiger partial charge in [-0.05, 0) is 0 Å². The Labute approximate surface area is 63.9 Å². The molecule has 7 heteroatoms. The van der Waals surface area contributed by atoms with Crippen LogP contribution in [0.25, 0.3) is 0 Å². The molecule has 0 aliphatic carbocycles. The molecule has 0 aliphatic rings.